The van der Waals surface area contributed by atoms with Gasteiger partial charge in [-0.15, -0.1) is 0 Å². The van der Waals surface area contributed by atoms with Gasteiger partial charge in [0.05, 0.1) is 0 Å². The number of aromatic nitrogens is 4. The highest BCUT2D eigenvalue weighted by Crippen LogP contribution is 2.16. The Morgan fingerprint density at radius 1 is 1.35 bits per heavy atom. The van der Waals surface area contributed by atoms with Gasteiger partial charge in [-0.05, 0) is 12.5 Å². The quantitative estimate of drug-likeness (QED) is 0.872. The van der Waals surface area contributed by atoms with Crippen LogP contribution in [0.1, 0.15) is 19.0 Å². The van der Waals surface area contributed by atoms with Crippen LogP contribution in [0.15, 0.2) is 18.3 Å². The molecule has 2 aromatic rings. The van der Waals surface area contributed by atoms with Crippen molar-refractivity contribution in [3.8, 4) is 11.5 Å². The fourth-order valence-corrected chi connectivity index (χ4v) is 1.66. The number of nitrogens with one attached hydrogen (secondary N) is 1. The predicted octanol–water partition coefficient (Wildman–Crippen LogP) is 1.87. The molecule has 0 atom stereocenters. The van der Waals surface area contributed by atoms with E-state index in [0.717, 1.165) is 30.0 Å². The lowest BCUT2D eigenvalue weighted by molar-refractivity contribution is 0.767. The number of rotatable bonds is 4. The van der Waals surface area contributed by atoms with Crippen LogP contribution in [0.5, 0.6) is 0 Å². The van der Waals surface area contributed by atoms with Gasteiger partial charge in [0.25, 0.3) is 0 Å². The second kappa shape index (κ2) is 4.95. The summed E-state index contributed by atoms with van der Waals surface area (Å²) < 4.78 is 1.75. The van der Waals surface area contributed by atoms with Crippen LogP contribution < -0.4 is 5.32 Å². The van der Waals surface area contributed by atoms with E-state index in [2.05, 4.69) is 27.3 Å². The van der Waals surface area contributed by atoms with Crippen molar-refractivity contribution in [2.45, 2.75) is 19.8 Å². The minimum atomic E-state index is 0.681. The van der Waals surface area contributed by atoms with Crippen molar-refractivity contribution in [3.05, 3.63) is 24.0 Å². The Kier molecular flexibility index (Phi) is 3.37. The Morgan fingerprint density at radius 2 is 2.18 bits per heavy atom. The molecule has 90 valence electrons. The largest absolute Gasteiger partial charge is 0.373 e. The molecule has 0 bridgehead atoms. The average Bonchev–Trinajstić information content (AvgIpc) is 2.76. The van der Waals surface area contributed by atoms with Crippen molar-refractivity contribution in [1.29, 1.82) is 0 Å². The molecule has 17 heavy (non-hydrogen) atoms. The minimum Gasteiger partial charge on any atom is -0.373 e. The summed E-state index contributed by atoms with van der Waals surface area (Å²) in [6.45, 7) is 2.14. The van der Waals surface area contributed by atoms with Gasteiger partial charge < -0.3 is 5.32 Å². The molecule has 0 spiro atoms. The fraction of sp³-hybridized carbons (Fsp3) is 0.417. The molecule has 5 nitrogen and oxygen atoms in total. The first kappa shape index (κ1) is 11.6. The normalized spacial score (nSPS) is 10.5. The summed E-state index contributed by atoms with van der Waals surface area (Å²) >= 11 is 0. The smallest absolute Gasteiger partial charge is 0.182 e. The Morgan fingerprint density at radius 3 is 2.76 bits per heavy atom. The highest BCUT2D eigenvalue weighted by molar-refractivity contribution is 5.52. The molecule has 1 N–H and O–H groups in total. The first-order valence-electron chi connectivity index (χ1n) is 5.78. The van der Waals surface area contributed by atoms with E-state index in [1.165, 1.54) is 0 Å². The molecule has 5 heteroatoms. The van der Waals surface area contributed by atoms with E-state index in [9.17, 15) is 0 Å². The zero-order chi connectivity index (χ0) is 12.3. The van der Waals surface area contributed by atoms with Gasteiger partial charge in [0.15, 0.2) is 5.82 Å². The molecular weight excluding hydrogens is 214 g/mol. The number of anilines is 1. The SMILES string of the molecule is CCCc1cc(NC)nc(-c2ccn(C)n2)n1. The van der Waals surface area contributed by atoms with Crippen LogP contribution in [0.3, 0.4) is 0 Å². The van der Waals surface area contributed by atoms with Gasteiger partial charge >= 0.3 is 0 Å². The van der Waals surface area contributed by atoms with Crippen LogP contribution in [-0.2, 0) is 13.5 Å². The summed E-state index contributed by atoms with van der Waals surface area (Å²) in [6.07, 6.45) is 3.92. The third-order valence-electron chi connectivity index (χ3n) is 2.48. The lowest BCUT2D eigenvalue weighted by Gasteiger charge is -2.05. The highest BCUT2D eigenvalue weighted by Gasteiger charge is 2.08. The topological polar surface area (TPSA) is 55.6 Å². The van der Waals surface area contributed by atoms with Gasteiger partial charge in [-0.2, -0.15) is 5.10 Å². The van der Waals surface area contributed by atoms with Crippen molar-refractivity contribution < 1.29 is 0 Å². The molecule has 0 aliphatic rings. The predicted molar refractivity (Wildman–Crippen MR) is 67.8 cm³/mol. The molecule has 0 aromatic carbocycles. The number of aryl methyl sites for hydroxylation is 2. The molecule has 2 aromatic heterocycles. The first-order chi connectivity index (χ1) is 8.22. The molecule has 2 rings (SSSR count). The first-order valence-corrected chi connectivity index (χ1v) is 5.78. The monoisotopic (exact) mass is 231 g/mol. The molecule has 0 fully saturated rings. The Bertz CT molecular complexity index is 503. The molecule has 0 aliphatic carbocycles. The Balaban J connectivity index is 2.42. The number of hydrogen-bond donors (Lipinski definition) is 1. The third kappa shape index (κ3) is 2.61. The highest BCUT2D eigenvalue weighted by atomic mass is 15.3. The molecule has 2 heterocycles. The van der Waals surface area contributed by atoms with Crippen molar-refractivity contribution in [1.82, 2.24) is 19.7 Å². The Hall–Kier alpha value is -1.91. The summed E-state index contributed by atoms with van der Waals surface area (Å²) in [5.74, 6) is 1.52. The molecule has 0 unspecified atom stereocenters. The zero-order valence-corrected chi connectivity index (χ0v) is 10.4. The lowest BCUT2D eigenvalue weighted by Crippen LogP contribution is -2.01. The van der Waals surface area contributed by atoms with Crippen molar-refractivity contribution in [2.24, 2.45) is 7.05 Å². The van der Waals surface area contributed by atoms with Crippen LogP contribution in [0.2, 0.25) is 0 Å². The minimum absolute atomic E-state index is 0.681. The molecule has 0 saturated carbocycles. The van der Waals surface area contributed by atoms with E-state index in [1.807, 2.05) is 32.4 Å². The summed E-state index contributed by atoms with van der Waals surface area (Å²) in [4.78, 5) is 8.95. The average molecular weight is 231 g/mol. The van der Waals surface area contributed by atoms with E-state index >= 15 is 0 Å². The van der Waals surface area contributed by atoms with E-state index in [-0.39, 0.29) is 0 Å². The van der Waals surface area contributed by atoms with Gasteiger partial charge in [-0.3, -0.25) is 4.68 Å². The van der Waals surface area contributed by atoms with Crippen molar-refractivity contribution in [2.75, 3.05) is 12.4 Å². The molecule has 0 saturated heterocycles. The Labute approximate surface area is 101 Å². The maximum absolute atomic E-state index is 4.53. The molecule has 0 amide bonds. The fourth-order valence-electron chi connectivity index (χ4n) is 1.66. The number of nitrogens with zero attached hydrogens (tertiary/aromatic N) is 4. The van der Waals surface area contributed by atoms with Gasteiger partial charge in [-0.25, -0.2) is 9.97 Å². The summed E-state index contributed by atoms with van der Waals surface area (Å²) in [6, 6.07) is 3.90. The van der Waals surface area contributed by atoms with E-state index in [1.54, 1.807) is 4.68 Å². The summed E-state index contributed by atoms with van der Waals surface area (Å²) in [5.41, 5.74) is 1.86. The van der Waals surface area contributed by atoms with Crippen LogP contribution in [-0.4, -0.2) is 26.8 Å². The van der Waals surface area contributed by atoms with Crippen molar-refractivity contribution in [3.63, 3.8) is 0 Å². The van der Waals surface area contributed by atoms with Gasteiger partial charge in [-0.1, -0.05) is 13.3 Å². The molecule has 0 radical (unpaired) electrons. The second-order valence-corrected chi connectivity index (χ2v) is 3.94. The maximum Gasteiger partial charge on any atom is 0.182 e. The van der Waals surface area contributed by atoms with Crippen LogP contribution >= 0.6 is 0 Å². The summed E-state index contributed by atoms with van der Waals surface area (Å²) in [5, 5.41) is 7.38. The van der Waals surface area contributed by atoms with Crippen LogP contribution in [0.4, 0.5) is 5.82 Å². The van der Waals surface area contributed by atoms with E-state index in [4.69, 9.17) is 0 Å². The lowest BCUT2D eigenvalue weighted by atomic mass is 10.2. The van der Waals surface area contributed by atoms with Crippen molar-refractivity contribution >= 4 is 5.82 Å². The van der Waals surface area contributed by atoms with Crippen LogP contribution in [0.25, 0.3) is 11.5 Å². The maximum atomic E-state index is 4.53. The second-order valence-electron chi connectivity index (χ2n) is 3.94. The molecule has 0 aliphatic heterocycles. The third-order valence-corrected chi connectivity index (χ3v) is 2.48. The standard InChI is InChI=1S/C12H17N5/c1-4-5-9-8-11(13-2)15-12(14-9)10-6-7-17(3)16-10/h6-8H,4-5H2,1-3H3,(H,13,14,15). The van der Waals surface area contributed by atoms with Gasteiger partial charge in [0, 0.05) is 32.1 Å². The zero-order valence-electron chi connectivity index (χ0n) is 10.4. The van der Waals surface area contributed by atoms with E-state index < -0.39 is 0 Å². The van der Waals surface area contributed by atoms with E-state index in [0.29, 0.717) is 5.82 Å². The number of hydrogen-bond acceptors (Lipinski definition) is 4. The van der Waals surface area contributed by atoms with Crippen LogP contribution in [0, 0.1) is 0 Å². The summed E-state index contributed by atoms with van der Waals surface area (Å²) in [7, 11) is 3.75. The van der Waals surface area contributed by atoms with Gasteiger partial charge in [0.2, 0.25) is 0 Å². The molecular formula is C12H17N5. The van der Waals surface area contributed by atoms with Gasteiger partial charge in [0.1, 0.15) is 11.5 Å².